The van der Waals surface area contributed by atoms with Crippen LogP contribution in [0.4, 0.5) is 5.95 Å². The summed E-state index contributed by atoms with van der Waals surface area (Å²) >= 11 is 0. The van der Waals surface area contributed by atoms with Gasteiger partial charge in [0.15, 0.2) is 0 Å². The second-order valence-electron chi connectivity index (χ2n) is 3.38. The summed E-state index contributed by atoms with van der Waals surface area (Å²) in [6.45, 7) is 3.48. The van der Waals surface area contributed by atoms with Crippen molar-refractivity contribution in [2.45, 2.75) is 26.0 Å². The molecular formula is C8H15N5O3. The highest BCUT2D eigenvalue weighted by Gasteiger charge is 2.15. The molecular weight excluding hydrogens is 214 g/mol. The number of rotatable bonds is 7. The molecule has 0 saturated carbocycles. The minimum absolute atomic E-state index is 0.192. The summed E-state index contributed by atoms with van der Waals surface area (Å²) in [6.07, 6.45) is 1.59. The normalized spacial score (nSPS) is 12.6. The van der Waals surface area contributed by atoms with Gasteiger partial charge in [0.25, 0.3) is 0 Å². The number of nitrogens with one attached hydrogen (secondary N) is 1. The number of nitrogens with zero attached hydrogens (tertiary/aromatic N) is 4. The van der Waals surface area contributed by atoms with Crippen LogP contribution >= 0.6 is 0 Å². The average Bonchev–Trinajstić information content (AvgIpc) is 2.66. The Hall–Kier alpha value is -1.54. The Kier molecular flexibility index (Phi) is 4.80. The minimum Gasteiger partial charge on any atom is -0.390 e. The lowest BCUT2D eigenvalue weighted by Gasteiger charge is -2.08. The van der Waals surface area contributed by atoms with Gasteiger partial charge in [-0.05, 0) is 17.9 Å². The molecule has 2 N–H and O–H groups in total. The number of nitro groups is 1. The highest BCUT2D eigenvalue weighted by atomic mass is 16.6. The third kappa shape index (κ3) is 3.91. The molecule has 1 atom stereocenters. The van der Waals surface area contributed by atoms with Crippen LogP contribution in [0.5, 0.6) is 0 Å². The molecule has 0 radical (unpaired) electrons. The van der Waals surface area contributed by atoms with Crippen LogP contribution in [0.3, 0.4) is 0 Å². The molecule has 1 aromatic rings. The molecule has 8 heteroatoms. The molecule has 1 aromatic heterocycles. The van der Waals surface area contributed by atoms with Crippen LogP contribution in [0.15, 0.2) is 6.33 Å². The zero-order chi connectivity index (χ0) is 12.0. The van der Waals surface area contributed by atoms with Crippen LogP contribution in [-0.2, 0) is 6.54 Å². The molecule has 0 amide bonds. The van der Waals surface area contributed by atoms with Gasteiger partial charge < -0.3 is 20.5 Å². The van der Waals surface area contributed by atoms with Gasteiger partial charge in [0.2, 0.25) is 6.33 Å². The lowest BCUT2D eigenvalue weighted by atomic mass is 10.3. The van der Waals surface area contributed by atoms with Crippen LogP contribution in [0, 0.1) is 10.1 Å². The van der Waals surface area contributed by atoms with Gasteiger partial charge in [0.1, 0.15) is 0 Å². The predicted octanol–water partition coefficient (Wildman–Crippen LogP) is -0.453. The monoisotopic (exact) mass is 229 g/mol. The fraction of sp³-hybridized carbons (Fsp3) is 0.750. The largest absolute Gasteiger partial charge is 0.490 e. The van der Waals surface area contributed by atoms with Crippen molar-refractivity contribution in [1.82, 2.24) is 20.1 Å². The van der Waals surface area contributed by atoms with Crippen molar-refractivity contribution in [2.24, 2.45) is 0 Å². The highest BCUT2D eigenvalue weighted by Crippen LogP contribution is 2.00. The maximum atomic E-state index is 10.3. The van der Waals surface area contributed by atoms with Gasteiger partial charge in [0.05, 0.1) is 12.6 Å². The Labute approximate surface area is 92.4 Å². The summed E-state index contributed by atoms with van der Waals surface area (Å²) in [5.41, 5.74) is 0. The van der Waals surface area contributed by atoms with Gasteiger partial charge in [-0.3, -0.25) is 0 Å². The summed E-state index contributed by atoms with van der Waals surface area (Å²) in [4.78, 5) is 13.1. The lowest BCUT2D eigenvalue weighted by Crippen LogP contribution is -2.30. The van der Waals surface area contributed by atoms with Crippen molar-refractivity contribution in [1.29, 1.82) is 0 Å². The number of hydrogen-bond donors (Lipinski definition) is 2. The van der Waals surface area contributed by atoms with Crippen LogP contribution in [0.25, 0.3) is 0 Å². The van der Waals surface area contributed by atoms with Crippen LogP contribution in [-0.4, -0.2) is 44.0 Å². The standard InChI is InChI=1S/C8H15N5O3/c1-2-3-9-4-7(14)5-12-6-10-8(11-12)13(15)16/h6-7,9,14H,2-5H2,1H3. The molecule has 1 heterocycles. The molecule has 8 nitrogen and oxygen atoms in total. The van der Waals surface area contributed by atoms with Crippen molar-refractivity contribution >= 4 is 5.95 Å². The summed E-state index contributed by atoms with van der Waals surface area (Å²) in [5.74, 6) is -0.450. The van der Waals surface area contributed by atoms with E-state index in [1.165, 1.54) is 11.0 Å². The van der Waals surface area contributed by atoms with Gasteiger partial charge >= 0.3 is 5.95 Å². The number of aliphatic hydroxyl groups excluding tert-OH is 1. The van der Waals surface area contributed by atoms with E-state index in [2.05, 4.69) is 15.4 Å². The van der Waals surface area contributed by atoms with E-state index in [4.69, 9.17) is 0 Å². The summed E-state index contributed by atoms with van der Waals surface area (Å²) in [5, 5.41) is 26.5. The third-order valence-corrected chi connectivity index (χ3v) is 1.89. The summed E-state index contributed by atoms with van der Waals surface area (Å²) in [7, 11) is 0. The van der Waals surface area contributed by atoms with Gasteiger partial charge in [-0.1, -0.05) is 11.9 Å². The molecule has 0 aliphatic carbocycles. The zero-order valence-corrected chi connectivity index (χ0v) is 9.04. The quantitative estimate of drug-likeness (QED) is 0.372. The molecule has 0 aliphatic heterocycles. The van der Waals surface area contributed by atoms with Crippen LogP contribution in [0.1, 0.15) is 13.3 Å². The van der Waals surface area contributed by atoms with E-state index in [0.29, 0.717) is 6.54 Å². The molecule has 0 fully saturated rings. The molecule has 1 unspecified atom stereocenters. The number of aromatic nitrogens is 3. The maximum Gasteiger partial charge on any atom is 0.490 e. The van der Waals surface area contributed by atoms with Crippen molar-refractivity contribution in [2.75, 3.05) is 13.1 Å². The van der Waals surface area contributed by atoms with Crippen molar-refractivity contribution < 1.29 is 10.0 Å². The first-order valence-electron chi connectivity index (χ1n) is 5.06. The molecule has 0 aromatic carbocycles. The van der Waals surface area contributed by atoms with E-state index < -0.39 is 17.0 Å². The van der Waals surface area contributed by atoms with Crippen LogP contribution in [0.2, 0.25) is 0 Å². The van der Waals surface area contributed by atoms with Crippen LogP contribution < -0.4 is 5.32 Å². The fourth-order valence-corrected chi connectivity index (χ4v) is 1.18. The maximum absolute atomic E-state index is 10.3. The van der Waals surface area contributed by atoms with Gasteiger partial charge in [-0.2, -0.15) is 4.68 Å². The van der Waals surface area contributed by atoms with Gasteiger partial charge in [0, 0.05) is 11.6 Å². The second kappa shape index (κ2) is 6.13. The Morgan fingerprint density at radius 3 is 3.06 bits per heavy atom. The molecule has 0 saturated heterocycles. The molecule has 0 bridgehead atoms. The number of aliphatic hydroxyl groups is 1. The first-order chi connectivity index (χ1) is 7.63. The predicted molar refractivity (Wildman–Crippen MR) is 55.8 cm³/mol. The summed E-state index contributed by atoms with van der Waals surface area (Å²) in [6, 6.07) is 0. The SMILES string of the molecule is CCCNCC(O)Cn1cnc([N+](=O)[O-])n1. The van der Waals surface area contributed by atoms with E-state index in [0.717, 1.165) is 13.0 Å². The van der Waals surface area contributed by atoms with Gasteiger partial charge in [-0.25, -0.2) is 0 Å². The third-order valence-electron chi connectivity index (χ3n) is 1.89. The minimum atomic E-state index is -0.668. The highest BCUT2D eigenvalue weighted by molar-refractivity contribution is 4.96. The van der Waals surface area contributed by atoms with E-state index in [1.54, 1.807) is 0 Å². The Balaban J connectivity index is 2.37. The Bertz CT molecular complexity index is 340. The van der Waals surface area contributed by atoms with Crippen molar-refractivity contribution in [3.63, 3.8) is 0 Å². The summed E-state index contributed by atoms with van der Waals surface area (Å²) < 4.78 is 1.26. The fourth-order valence-electron chi connectivity index (χ4n) is 1.18. The molecule has 90 valence electrons. The first kappa shape index (κ1) is 12.5. The molecule has 0 spiro atoms. The van der Waals surface area contributed by atoms with E-state index >= 15 is 0 Å². The van der Waals surface area contributed by atoms with Crippen molar-refractivity contribution in [3.8, 4) is 0 Å². The van der Waals surface area contributed by atoms with E-state index in [1.807, 2.05) is 6.92 Å². The van der Waals surface area contributed by atoms with E-state index in [9.17, 15) is 15.2 Å². The van der Waals surface area contributed by atoms with E-state index in [-0.39, 0.29) is 6.54 Å². The zero-order valence-electron chi connectivity index (χ0n) is 9.04. The molecule has 0 aliphatic rings. The molecule has 16 heavy (non-hydrogen) atoms. The Morgan fingerprint density at radius 2 is 2.50 bits per heavy atom. The Morgan fingerprint density at radius 1 is 1.75 bits per heavy atom. The molecule has 1 rings (SSSR count). The van der Waals surface area contributed by atoms with Gasteiger partial charge in [-0.15, -0.1) is 0 Å². The first-order valence-corrected chi connectivity index (χ1v) is 5.06. The van der Waals surface area contributed by atoms with Crippen molar-refractivity contribution in [3.05, 3.63) is 16.4 Å². The topological polar surface area (TPSA) is 106 Å². The lowest BCUT2D eigenvalue weighted by molar-refractivity contribution is -0.394. The smallest absolute Gasteiger partial charge is 0.390 e. The number of hydrogen-bond acceptors (Lipinski definition) is 6. The second-order valence-corrected chi connectivity index (χ2v) is 3.38. The average molecular weight is 229 g/mol.